The average molecular weight is 309 g/mol. The minimum atomic E-state index is -0.446. The third-order valence-electron chi connectivity index (χ3n) is 3.07. The minimum Gasteiger partial charge on any atom is -0.445 e. The van der Waals surface area contributed by atoms with Gasteiger partial charge in [0.2, 0.25) is 0 Å². The normalized spacial score (nSPS) is 9.61. The van der Waals surface area contributed by atoms with E-state index in [1.165, 1.54) is 0 Å². The number of aliphatic hydroxyl groups excluding tert-OH is 1. The molecule has 4 nitrogen and oxygen atoms in total. The van der Waals surface area contributed by atoms with Gasteiger partial charge in [-0.1, -0.05) is 54.3 Å². The molecule has 0 unspecified atom stereocenters. The number of amides is 1. The van der Waals surface area contributed by atoms with Crippen LogP contribution in [-0.2, 0) is 18.0 Å². The van der Waals surface area contributed by atoms with E-state index < -0.39 is 6.09 Å². The van der Waals surface area contributed by atoms with Crippen LogP contribution in [0.1, 0.15) is 23.1 Å². The molecule has 0 fully saturated rings. The molecule has 0 heterocycles. The Bertz CT molecular complexity index is 687. The van der Waals surface area contributed by atoms with Crippen LogP contribution in [0, 0.1) is 11.8 Å². The van der Waals surface area contributed by atoms with Gasteiger partial charge in [-0.15, -0.1) is 0 Å². The molecule has 0 aromatic heterocycles. The Hall–Kier alpha value is -2.77. The highest BCUT2D eigenvalue weighted by molar-refractivity contribution is 5.67. The lowest BCUT2D eigenvalue weighted by atomic mass is 10.1. The first-order chi connectivity index (χ1) is 11.3. The molecule has 0 aliphatic rings. The molecular weight excluding hydrogens is 290 g/mol. The van der Waals surface area contributed by atoms with Crippen LogP contribution in [0.4, 0.5) is 4.79 Å². The molecular formula is C19H19NO3. The summed E-state index contributed by atoms with van der Waals surface area (Å²) in [4.78, 5) is 11.5. The molecule has 118 valence electrons. The van der Waals surface area contributed by atoms with E-state index in [1.807, 2.05) is 54.6 Å². The number of hydrogen-bond donors (Lipinski definition) is 2. The van der Waals surface area contributed by atoms with Gasteiger partial charge in [-0.05, 0) is 23.3 Å². The summed E-state index contributed by atoms with van der Waals surface area (Å²) in [5.74, 6) is 5.98. The largest absolute Gasteiger partial charge is 0.445 e. The number of ether oxygens (including phenoxy) is 1. The highest BCUT2D eigenvalue weighted by atomic mass is 16.5. The molecule has 2 aromatic carbocycles. The smallest absolute Gasteiger partial charge is 0.407 e. The van der Waals surface area contributed by atoms with Crippen molar-refractivity contribution in [3.05, 3.63) is 71.3 Å². The van der Waals surface area contributed by atoms with E-state index in [9.17, 15) is 4.79 Å². The SMILES string of the molecule is O=C(NCCC#Cc1cccc(CO)c1)OCc1ccccc1. The molecule has 0 bridgehead atoms. The summed E-state index contributed by atoms with van der Waals surface area (Å²) in [6, 6.07) is 16.9. The van der Waals surface area contributed by atoms with Crippen molar-refractivity contribution in [2.75, 3.05) is 6.54 Å². The van der Waals surface area contributed by atoms with Crippen molar-refractivity contribution < 1.29 is 14.6 Å². The number of rotatable bonds is 5. The van der Waals surface area contributed by atoms with Crippen LogP contribution in [0.25, 0.3) is 0 Å². The van der Waals surface area contributed by atoms with Crippen molar-refractivity contribution in [2.24, 2.45) is 0 Å². The maximum absolute atomic E-state index is 11.5. The maximum Gasteiger partial charge on any atom is 0.407 e. The Labute approximate surface area is 136 Å². The fraction of sp³-hybridized carbons (Fsp3) is 0.211. The van der Waals surface area contributed by atoms with Crippen LogP contribution in [0.15, 0.2) is 54.6 Å². The van der Waals surface area contributed by atoms with Crippen molar-refractivity contribution in [2.45, 2.75) is 19.6 Å². The van der Waals surface area contributed by atoms with E-state index in [0.29, 0.717) is 13.0 Å². The van der Waals surface area contributed by atoms with Crippen LogP contribution in [0.3, 0.4) is 0 Å². The van der Waals surface area contributed by atoms with Gasteiger partial charge in [-0.2, -0.15) is 0 Å². The van der Waals surface area contributed by atoms with E-state index in [2.05, 4.69) is 17.2 Å². The van der Waals surface area contributed by atoms with Gasteiger partial charge in [0.25, 0.3) is 0 Å². The quantitative estimate of drug-likeness (QED) is 0.659. The van der Waals surface area contributed by atoms with Crippen molar-refractivity contribution in [3.8, 4) is 11.8 Å². The third kappa shape index (κ3) is 6.25. The topological polar surface area (TPSA) is 58.6 Å². The minimum absolute atomic E-state index is 0.00430. The molecule has 0 atom stereocenters. The predicted molar refractivity (Wildman–Crippen MR) is 88.5 cm³/mol. The Morgan fingerprint density at radius 1 is 1.09 bits per heavy atom. The summed E-state index contributed by atoms with van der Waals surface area (Å²) in [5.41, 5.74) is 2.63. The van der Waals surface area contributed by atoms with Crippen LogP contribution in [0.5, 0.6) is 0 Å². The van der Waals surface area contributed by atoms with E-state index in [-0.39, 0.29) is 13.2 Å². The fourth-order valence-electron chi connectivity index (χ4n) is 1.91. The van der Waals surface area contributed by atoms with Gasteiger partial charge in [0.1, 0.15) is 6.61 Å². The highest BCUT2D eigenvalue weighted by Gasteiger charge is 2.00. The first-order valence-corrected chi connectivity index (χ1v) is 7.41. The highest BCUT2D eigenvalue weighted by Crippen LogP contribution is 2.03. The zero-order valence-electron chi connectivity index (χ0n) is 12.8. The van der Waals surface area contributed by atoms with Gasteiger partial charge in [0, 0.05) is 18.5 Å². The second-order valence-electron chi connectivity index (χ2n) is 4.90. The number of carbonyl (C=O) groups excluding carboxylic acids is 1. The van der Waals surface area contributed by atoms with Crippen molar-refractivity contribution in [1.82, 2.24) is 5.32 Å². The van der Waals surface area contributed by atoms with Crippen LogP contribution in [-0.4, -0.2) is 17.7 Å². The molecule has 0 aliphatic carbocycles. The first kappa shape index (κ1) is 16.6. The lowest BCUT2D eigenvalue weighted by Gasteiger charge is -2.05. The van der Waals surface area contributed by atoms with Gasteiger partial charge in [-0.25, -0.2) is 4.79 Å². The Morgan fingerprint density at radius 2 is 1.87 bits per heavy atom. The predicted octanol–water partition coefficient (Wildman–Crippen LogP) is 2.85. The van der Waals surface area contributed by atoms with Crippen LogP contribution >= 0.6 is 0 Å². The number of benzene rings is 2. The monoisotopic (exact) mass is 309 g/mol. The Balaban J connectivity index is 1.67. The van der Waals surface area contributed by atoms with Gasteiger partial charge in [0.05, 0.1) is 6.61 Å². The molecule has 0 aliphatic heterocycles. The van der Waals surface area contributed by atoms with Crippen molar-refractivity contribution in [1.29, 1.82) is 0 Å². The lowest BCUT2D eigenvalue weighted by Crippen LogP contribution is -2.24. The van der Waals surface area contributed by atoms with E-state index >= 15 is 0 Å². The standard InChI is InChI=1S/C19H19NO3/c21-14-18-11-6-10-16(13-18)7-4-5-12-20-19(22)23-15-17-8-2-1-3-9-17/h1-3,6,8-11,13,21H,5,12,14-15H2,(H,20,22). The number of carbonyl (C=O) groups is 1. The molecule has 2 N–H and O–H groups in total. The summed E-state index contributed by atoms with van der Waals surface area (Å²) >= 11 is 0. The number of hydrogen-bond acceptors (Lipinski definition) is 3. The summed E-state index contributed by atoms with van der Waals surface area (Å²) in [5, 5.41) is 11.7. The molecule has 1 amide bonds. The molecule has 0 radical (unpaired) electrons. The molecule has 0 saturated heterocycles. The van der Waals surface area contributed by atoms with Crippen molar-refractivity contribution in [3.63, 3.8) is 0 Å². The second kappa shape index (κ2) is 9.29. The van der Waals surface area contributed by atoms with Gasteiger partial charge in [-0.3, -0.25) is 0 Å². The van der Waals surface area contributed by atoms with Gasteiger partial charge < -0.3 is 15.2 Å². The number of aliphatic hydroxyl groups is 1. The third-order valence-corrected chi connectivity index (χ3v) is 3.07. The Morgan fingerprint density at radius 3 is 2.65 bits per heavy atom. The molecule has 0 spiro atoms. The van der Waals surface area contributed by atoms with Crippen LogP contribution in [0.2, 0.25) is 0 Å². The second-order valence-corrected chi connectivity index (χ2v) is 4.90. The average Bonchev–Trinajstić information content (AvgIpc) is 2.61. The summed E-state index contributed by atoms with van der Waals surface area (Å²) in [6.45, 7) is 0.691. The van der Waals surface area contributed by atoms with E-state index in [0.717, 1.165) is 16.7 Å². The zero-order chi connectivity index (χ0) is 16.3. The number of nitrogens with one attached hydrogen (secondary N) is 1. The first-order valence-electron chi connectivity index (χ1n) is 7.41. The number of alkyl carbamates (subject to hydrolysis) is 1. The molecule has 2 rings (SSSR count). The molecule has 0 saturated carbocycles. The summed E-state index contributed by atoms with van der Waals surface area (Å²) in [6.07, 6.45) is 0.0852. The van der Waals surface area contributed by atoms with Gasteiger partial charge in [0.15, 0.2) is 0 Å². The van der Waals surface area contributed by atoms with Crippen LogP contribution < -0.4 is 5.32 Å². The Kier molecular flexibility index (Phi) is 6.70. The zero-order valence-corrected chi connectivity index (χ0v) is 12.8. The van der Waals surface area contributed by atoms with E-state index in [1.54, 1.807) is 0 Å². The fourth-order valence-corrected chi connectivity index (χ4v) is 1.91. The maximum atomic E-state index is 11.5. The summed E-state index contributed by atoms with van der Waals surface area (Å²) in [7, 11) is 0. The molecule has 23 heavy (non-hydrogen) atoms. The van der Waals surface area contributed by atoms with Gasteiger partial charge >= 0.3 is 6.09 Å². The van der Waals surface area contributed by atoms with Crippen molar-refractivity contribution >= 4 is 6.09 Å². The molecule has 4 heteroatoms. The summed E-state index contributed by atoms with van der Waals surface area (Å²) < 4.78 is 5.10. The van der Waals surface area contributed by atoms with E-state index in [4.69, 9.17) is 9.84 Å². The molecule has 2 aromatic rings. The lowest BCUT2D eigenvalue weighted by molar-refractivity contribution is 0.140.